The Morgan fingerprint density at radius 1 is 1.26 bits per heavy atom. The van der Waals surface area contributed by atoms with Gasteiger partial charge >= 0.3 is 0 Å². The summed E-state index contributed by atoms with van der Waals surface area (Å²) in [5.74, 6) is -0.353. The fourth-order valence-corrected chi connectivity index (χ4v) is 4.07. The van der Waals surface area contributed by atoms with Gasteiger partial charge in [0.15, 0.2) is 0 Å². The van der Waals surface area contributed by atoms with E-state index in [4.69, 9.17) is 0 Å². The van der Waals surface area contributed by atoms with Gasteiger partial charge in [-0.05, 0) is 49.2 Å². The summed E-state index contributed by atoms with van der Waals surface area (Å²) >= 11 is 0. The van der Waals surface area contributed by atoms with Gasteiger partial charge in [-0.25, -0.2) is 4.39 Å². The first-order valence-corrected chi connectivity index (χ1v) is 9.18. The molecule has 4 rings (SSSR count). The van der Waals surface area contributed by atoms with E-state index in [1.54, 1.807) is 23.0 Å². The number of aromatic nitrogens is 1. The summed E-state index contributed by atoms with van der Waals surface area (Å²) in [4.78, 5) is 33.2. The lowest BCUT2D eigenvalue weighted by molar-refractivity contribution is -0.132. The van der Waals surface area contributed by atoms with Crippen LogP contribution in [0.1, 0.15) is 28.9 Å². The minimum Gasteiger partial charge on any atom is -0.340 e. The molecular weight excluding hydrogens is 345 g/mol. The van der Waals surface area contributed by atoms with Crippen LogP contribution >= 0.6 is 0 Å². The number of halogens is 1. The molecule has 2 heterocycles. The van der Waals surface area contributed by atoms with Crippen LogP contribution in [-0.2, 0) is 11.3 Å². The molecule has 1 saturated heterocycles. The van der Waals surface area contributed by atoms with Gasteiger partial charge in [0.05, 0.1) is 12.2 Å². The summed E-state index contributed by atoms with van der Waals surface area (Å²) in [7, 11) is 1.80. The first kappa shape index (κ1) is 17.6. The van der Waals surface area contributed by atoms with Gasteiger partial charge in [0.1, 0.15) is 5.82 Å². The molecule has 1 saturated carbocycles. The van der Waals surface area contributed by atoms with Gasteiger partial charge in [0, 0.05) is 43.2 Å². The minimum atomic E-state index is -0.353. The van der Waals surface area contributed by atoms with Crippen molar-refractivity contribution in [1.82, 2.24) is 14.8 Å². The largest absolute Gasteiger partial charge is 0.340 e. The van der Waals surface area contributed by atoms with Crippen LogP contribution in [0.4, 0.5) is 4.39 Å². The van der Waals surface area contributed by atoms with Crippen LogP contribution in [0.25, 0.3) is 0 Å². The molecule has 2 unspecified atom stereocenters. The summed E-state index contributed by atoms with van der Waals surface area (Å²) in [6.45, 7) is 1.73. The quantitative estimate of drug-likeness (QED) is 0.835. The molecule has 1 aliphatic heterocycles. The third-order valence-corrected chi connectivity index (χ3v) is 5.75. The molecule has 2 aliphatic rings. The van der Waals surface area contributed by atoms with Crippen molar-refractivity contribution in [2.24, 2.45) is 11.3 Å². The fraction of sp³-hybridized carbons (Fsp3) is 0.381. The highest BCUT2D eigenvalue weighted by Crippen LogP contribution is 2.59. The van der Waals surface area contributed by atoms with E-state index in [0.717, 1.165) is 18.5 Å². The average Bonchev–Trinajstić information content (AvgIpc) is 3.21. The van der Waals surface area contributed by atoms with Crippen molar-refractivity contribution in [3.05, 3.63) is 65.7 Å². The van der Waals surface area contributed by atoms with E-state index in [2.05, 4.69) is 4.98 Å². The standard InChI is InChI=1S/C21H22FN3O2/c1-24(13-17-4-2-3-10-23-17)20(27)18-12-21(18)9-11-25(14-21)19(26)15-5-7-16(22)8-6-15/h2-8,10,18H,9,11-14H2,1H3. The van der Waals surface area contributed by atoms with Gasteiger partial charge in [-0.1, -0.05) is 6.07 Å². The number of amides is 2. The van der Waals surface area contributed by atoms with Gasteiger partial charge in [-0.3, -0.25) is 14.6 Å². The third-order valence-electron chi connectivity index (χ3n) is 5.75. The Morgan fingerprint density at radius 3 is 2.74 bits per heavy atom. The van der Waals surface area contributed by atoms with Gasteiger partial charge in [-0.15, -0.1) is 0 Å². The van der Waals surface area contributed by atoms with Crippen molar-refractivity contribution in [3.8, 4) is 0 Å². The summed E-state index contributed by atoms with van der Waals surface area (Å²) in [5, 5.41) is 0. The molecular formula is C21H22FN3O2. The molecule has 0 N–H and O–H groups in total. The summed E-state index contributed by atoms with van der Waals surface area (Å²) in [5.41, 5.74) is 1.26. The minimum absolute atomic E-state index is 0.0303. The van der Waals surface area contributed by atoms with E-state index in [9.17, 15) is 14.0 Å². The number of nitrogens with zero attached hydrogens (tertiary/aromatic N) is 3. The molecule has 2 fully saturated rings. The second kappa shape index (κ2) is 6.76. The Labute approximate surface area is 157 Å². The zero-order valence-corrected chi connectivity index (χ0v) is 15.3. The van der Waals surface area contributed by atoms with Gasteiger partial charge in [-0.2, -0.15) is 0 Å². The number of rotatable bonds is 4. The van der Waals surface area contributed by atoms with E-state index in [-0.39, 0.29) is 29.0 Å². The third kappa shape index (κ3) is 3.44. The zero-order valence-electron chi connectivity index (χ0n) is 15.3. The van der Waals surface area contributed by atoms with Gasteiger partial charge < -0.3 is 9.80 Å². The second-order valence-electron chi connectivity index (χ2n) is 7.62. The van der Waals surface area contributed by atoms with Crippen molar-refractivity contribution in [1.29, 1.82) is 0 Å². The summed E-state index contributed by atoms with van der Waals surface area (Å²) < 4.78 is 13.1. The van der Waals surface area contributed by atoms with Crippen LogP contribution in [0.2, 0.25) is 0 Å². The zero-order chi connectivity index (χ0) is 19.0. The lowest BCUT2D eigenvalue weighted by atomic mass is 10.0. The molecule has 2 atom stereocenters. The average molecular weight is 367 g/mol. The van der Waals surface area contributed by atoms with E-state index in [0.29, 0.717) is 25.2 Å². The Hall–Kier alpha value is -2.76. The number of carbonyl (C=O) groups is 2. The normalized spacial score (nSPS) is 23.5. The highest BCUT2D eigenvalue weighted by molar-refractivity contribution is 5.94. The number of benzene rings is 1. The molecule has 6 heteroatoms. The van der Waals surface area contributed by atoms with Crippen molar-refractivity contribution < 1.29 is 14.0 Å². The van der Waals surface area contributed by atoms with Gasteiger partial charge in [0.2, 0.25) is 5.91 Å². The molecule has 140 valence electrons. The van der Waals surface area contributed by atoms with Crippen LogP contribution in [-0.4, -0.2) is 46.7 Å². The predicted molar refractivity (Wildman–Crippen MR) is 98.2 cm³/mol. The number of likely N-dealkylation sites (tertiary alicyclic amines) is 1. The maximum Gasteiger partial charge on any atom is 0.253 e. The van der Waals surface area contributed by atoms with Crippen molar-refractivity contribution in [2.75, 3.05) is 20.1 Å². The Bertz CT molecular complexity index is 855. The first-order chi connectivity index (χ1) is 13.0. The van der Waals surface area contributed by atoms with E-state index in [1.165, 1.54) is 24.3 Å². The Morgan fingerprint density at radius 2 is 2.04 bits per heavy atom. The van der Waals surface area contributed by atoms with Crippen LogP contribution in [0.15, 0.2) is 48.7 Å². The molecule has 1 spiro atoms. The molecule has 1 aliphatic carbocycles. The molecule has 2 amide bonds. The van der Waals surface area contributed by atoms with Gasteiger partial charge in [0.25, 0.3) is 5.91 Å². The molecule has 0 bridgehead atoms. The SMILES string of the molecule is CN(Cc1ccccn1)C(=O)C1CC12CCN(C(=O)c1ccc(F)cc1)C2. The maximum atomic E-state index is 13.1. The van der Waals surface area contributed by atoms with Crippen LogP contribution in [0, 0.1) is 17.2 Å². The maximum absolute atomic E-state index is 13.1. The summed E-state index contributed by atoms with van der Waals surface area (Å²) in [6, 6.07) is 11.3. The van der Waals surface area contributed by atoms with Crippen molar-refractivity contribution in [2.45, 2.75) is 19.4 Å². The molecule has 5 nitrogen and oxygen atoms in total. The van der Waals surface area contributed by atoms with Crippen molar-refractivity contribution in [3.63, 3.8) is 0 Å². The molecule has 27 heavy (non-hydrogen) atoms. The number of hydrogen-bond acceptors (Lipinski definition) is 3. The highest BCUT2D eigenvalue weighted by atomic mass is 19.1. The monoisotopic (exact) mass is 367 g/mol. The van der Waals surface area contributed by atoms with E-state index < -0.39 is 0 Å². The Balaban J connectivity index is 1.37. The summed E-state index contributed by atoms with van der Waals surface area (Å²) in [6.07, 6.45) is 3.39. The molecule has 1 aromatic heterocycles. The number of carbonyl (C=O) groups excluding carboxylic acids is 2. The first-order valence-electron chi connectivity index (χ1n) is 9.18. The lowest BCUT2D eigenvalue weighted by Gasteiger charge is -2.19. The predicted octanol–water partition coefficient (Wildman–Crippen LogP) is 2.73. The molecule has 2 aromatic rings. The highest BCUT2D eigenvalue weighted by Gasteiger charge is 2.61. The number of hydrogen-bond donors (Lipinski definition) is 0. The van der Waals surface area contributed by atoms with Crippen LogP contribution < -0.4 is 0 Å². The van der Waals surface area contributed by atoms with Crippen LogP contribution in [0.5, 0.6) is 0 Å². The molecule has 0 radical (unpaired) electrons. The molecule has 1 aromatic carbocycles. The lowest BCUT2D eigenvalue weighted by Crippen LogP contribution is -2.32. The smallest absolute Gasteiger partial charge is 0.253 e. The topological polar surface area (TPSA) is 53.5 Å². The Kier molecular flexibility index (Phi) is 4.42. The fourth-order valence-electron chi connectivity index (χ4n) is 4.07. The van der Waals surface area contributed by atoms with E-state index in [1.807, 2.05) is 18.2 Å². The van der Waals surface area contributed by atoms with E-state index >= 15 is 0 Å². The second-order valence-corrected chi connectivity index (χ2v) is 7.62. The number of pyridine rings is 1. The van der Waals surface area contributed by atoms with Crippen molar-refractivity contribution >= 4 is 11.8 Å². The van der Waals surface area contributed by atoms with Crippen LogP contribution in [0.3, 0.4) is 0 Å².